The molecule has 1 aliphatic heterocycles. The van der Waals surface area contributed by atoms with Crippen LogP contribution >= 0.6 is 0 Å². The predicted octanol–water partition coefficient (Wildman–Crippen LogP) is 2.39. The molecule has 0 bridgehead atoms. The molecule has 0 spiro atoms. The van der Waals surface area contributed by atoms with Crippen molar-refractivity contribution in [1.29, 1.82) is 0 Å². The first kappa shape index (κ1) is 16.2. The van der Waals surface area contributed by atoms with Crippen molar-refractivity contribution in [1.82, 2.24) is 4.90 Å². The molecule has 2 rings (SSSR count). The molecule has 3 nitrogen and oxygen atoms in total. The molecule has 7 heteroatoms. The second kappa shape index (κ2) is 6.29. The predicted molar refractivity (Wildman–Crippen MR) is 70.1 cm³/mol. The third-order valence-electron chi connectivity index (χ3n) is 3.46. The summed E-state index contributed by atoms with van der Waals surface area (Å²) in [4.78, 5) is 1.92. The Morgan fingerprint density at radius 1 is 1.38 bits per heavy atom. The Balaban J connectivity index is 2.10. The summed E-state index contributed by atoms with van der Waals surface area (Å²) < 4.78 is 56.9. The van der Waals surface area contributed by atoms with Gasteiger partial charge in [0.25, 0.3) is 0 Å². The molecule has 0 saturated carbocycles. The lowest BCUT2D eigenvalue weighted by Gasteiger charge is -2.34. The highest BCUT2D eigenvalue weighted by atomic mass is 19.4. The number of nitrogens with zero attached hydrogens (tertiary/aromatic N) is 1. The molecular weight excluding hydrogens is 288 g/mol. The van der Waals surface area contributed by atoms with E-state index in [0.717, 1.165) is 12.1 Å². The van der Waals surface area contributed by atoms with Gasteiger partial charge in [0, 0.05) is 25.7 Å². The van der Waals surface area contributed by atoms with Crippen molar-refractivity contribution in [3.63, 3.8) is 0 Å². The van der Waals surface area contributed by atoms with E-state index in [9.17, 15) is 17.6 Å². The molecule has 21 heavy (non-hydrogen) atoms. The normalized spacial score (nSPS) is 22.3. The van der Waals surface area contributed by atoms with Crippen LogP contribution in [0.2, 0.25) is 0 Å². The number of hydrogen-bond donors (Lipinski definition) is 1. The lowest BCUT2D eigenvalue weighted by atomic mass is 10.1. The zero-order valence-corrected chi connectivity index (χ0v) is 11.7. The van der Waals surface area contributed by atoms with Gasteiger partial charge in [-0.3, -0.25) is 4.90 Å². The van der Waals surface area contributed by atoms with Gasteiger partial charge in [-0.05, 0) is 30.7 Å². The molecule has 0 unspecified atom stereocenters. The van der Waals surface area contributed by atoms with E-state index in [1.54, 1.807) is 0 Å². The van der Waals surface area contributed by atoms with E-state index >= 15 is 0 Å². The molecule has 118 valence electrons. The number of benzene rings is 1. The molecule has 2 N–H and O–H groups in total. The van der Waals surface area contributed by atoms with Crippen LogP contribution in [0.5, 0.6) is 0 Å². The van der Waals surface area contributed by atoms with Crippen LogP contribution in [0.3, 0.4) is 0 Å². The Kier molecular flexibility index (Phi) is 4.85. The minimum Gasteiger partial charge on any atom is -0.374 e. The number of morpholine rings is 1. The minimum absolute atomic E-state index is 0.158. The highest BCUT2D eigenvalue weighted by Gasteiger charge is 2.31. The fourth-order valence-corrected chi connectivity index (χ4v) is 2.36. The topological polar surface area (TPSA) is 38.5 Å². The van der Waals surface area contributed by atoms with E-state index in [1.807, 2.05) is 11.8 Å². The quantitative estimate of drug-likeness (QED) is 0.872. The van der Waals surface area contributed by atoms with Gasteiger partial charge < -0.3 is 10.5 Å². The van der Waals surface area contributed by atoms with Crippen LogP contribution in [-0.2, 0) is 17.5 Å². The van der Waals surface area contributed by atoms with Gasteiger partial charge in [-0.2, -0.15) is 13.2 Å². The fraction of sp³-hybridized carbons (Fsp3) is 0.571. The maximum atomic E-state index is 13.4. The number of hydrogen-bond acceptors (Lipinski definition) is 3. The second-order valence-electron chi connectivity index (χ2n) is 5.35. The molecule has 0 aliphatic carbocycles. The van der Waals surface area contributed by atoms with Crippen molar-refractivity contribution in [2.24, 2.45) is 5.73 Å². The Morgan fingerprint density at radius 2 is 2.10 bits per heavy atom. The summed E-state index contributed by atoms with van der Waals surface area (Å²) in [6, 6.07) is 2.46. The van der Waals surface area contributed by atoms with Crippen LogP contribution in [0.1, 0.15) is 18.1 Å². The summed E-state index contributed by atoms with van der Waals surface area (Å²) in [6.07, 6.45) is -4.70. The molecule has 0 radical (unpaired) electrons. The van der Waals surface area contributed by atoms with Crippen LogP contribution in [0.25, 0.3) is 0 Å². The smallest absolute Gasteiger partial charge is 0.374 e. The van der Waals surface area contributed by atoms with Gasteiger partial charge >= 0.3 is 6.18 Å². The standard InChI is InChI=1S/C14H18F4N2O/c1-9(19)13-8-20(2-3-21-13)7-10-4-11(14(16,17)18)6-12(15)5-10/h4-6,9,13H,2-3,7-8,19H2,1H3/t9-,13+/m1/s1. The Labute approximate surface area is 120 Å². The average molecular weight is 306 g/mol. The fourth-order valence-electron chi connectivity index (χ4n) is 2.36. The van der Waals surface area contributed by atoms with Crippen LogP contribution in [0.15, 0.2) is 18.2 Å². The monoisotopic (exact) mass is 306 g/mol. The molecule has 1 saturated heterocycles. The lowest BCUT2D eigenvalue weighted by Crippen LogP contribution is -2.49. The third kappa shape index (κ3) is 4.39. The maximum Gasteiger partial charge on any atom is 0.416 e. The van der Waals surface area contributed by atoms with Crippen molar-refractivity contribution in [3.05, 3.63) is 35.1 Å². The zero-order chi connectivity index (χ0) is 15.6. The molecule has 1 aromatic carbocycles. The van der Waals surface area contributed by atoms with E-state index in [2.05, 4.69) is 0 Å². The Hall–Kier alpha value is -1.18. The third-order valence-corrected chi connectivity index (χ3v) is 3.46. The second-order valence-corrected chi connectivity index (χ2v) is 5.35. The molecule has 1 fully saturated rings. The van der Waals surface area contributed by atoms with Crippen LogP contribution in [-0.4, -0.2) is 36.7 Å². The van der Waals surface area contributed by atoms with Gasteiger partial charge in [-0.25, -0.2) is 4.39 Å². The number of rotatable bonds is 3. The van der Waals surface area contributed by atoms with Crippen molar-refractivity contribution in [2.45, 2.75) is 31.8 Å². The summed E-state index contributed by atoms with van der Waals surface area (Å²) in [5.41, 5.74) is 5.10. The first-order valence-corrected chi connectivity index (χ1v) is 6.72. The summed E-state index contributed by atoms with van der Waals surface area (Å²) in [7, 11) is 0. The molecule has 0 amide bonds. The Morgan fingerprint density at radius 3 is 2.71 bits per heavy atom. The number of ether oxygens (including phenoxy) is 1. The van der Waals surface area contributed by atoms with E-state index in [4.69, 9.17) is 10.5 Å². The van der Waals surface area contributed by atoms with Crippen LogP contribution in [0, 0.1) is 5.82 Å². The summed E-state index contributed by atoms with van der Waals surface area (Å²) in [5, 5.41) is 0. The molecule has 1 aromatic rings. The lowest BCUT2D eigenvalue weighted by molar-refractivity contribution is -0.137. The zero-order valence-electron chi connectivity index (χ0n) is 11.7. The first-order chi connectivity index (χ1) is 9.75. The molecule has 0 aromatic heterocycles. The summed E-state index contributed by atoms with van der Waals surface area (Å²) in [6.45, 7) is 3.63. The van der Waals surface area contributed by atoms with Gasteiger partial charge in [0.05, 0.1) is 18.3 Å². The van der Waals surface area contributed by atoms with Crippen molar-refractivity contribution in [2.75, 3.05) is 19.7 Å². The van der Waals surface area contributed by atoms with E-state index in [0.29, 0.717) is 31.3 Å². The SMILES string of the molecule is C[C@@H](N)[C@@H]1CN(Cc2cc(F)cc(C(F)(F)F)c2)CCO1. The number of alkyl halides is 3. The van der Waals surface area contributed by atoms with Gasteiger partial charge in [0.2, 0.25) is 0 Å². The summed E-state index contributed by atoms with van der Waals surface area (Å²) >= 11 is 0. The minimum atomic E-state index is -4.55. The summed E-state index contributed by atoms with van der Waals surface area (Å²) in [5.74, 6) is -0.878. The highest BCUT2D eigenvalue weighted by Crippen LogP contribution is 2.30. The van der Waals surface area contributed by atoms with Crippen LogP contribution in [0.4, 0.5) is 17.6 Å². The van der Waals surface area contributed by atoms with Gasteiger partial charge in [0.1, 0.15) is 5.82 Å². The largest absolute Gasteiger partial charge is 0.416 e. The first-order valence-electron chi connectivity index (χ1n) is 6.72. The molecule has 1 aliphatic rings. The molecule has 2 atom stereocenters. The van der Waals surface area contributed by atoms with E-state index in [1.165, 1.54) is 0 Å². The highest BCUT2D eigenvalue weighted by molar-refractivity contribution is 5.26. The van der Waals surface area contributed by atoms with Crippen LogP contribution < -0.4 is 5.73 Å². The Bertz CT molecular complexity index is 490. The van der Waals surface area contributed by atoms with E-state index < -0.39 is 17.6 Å². The van der Waals surface area contributed by atoms with Crippen molar-refractivity contribution in [3.8, 4) is 0 Å². The van der Waals surface area contributed by atoms with Crippen molar-refractivity contribution >= 4 is 0 Å². The molecule has 1 heterocycles. The number of halogens is 4. The number of nitrogens with two attached hydrogens (primary N) is 1. The van der Waals surface area contributed by atoms with Gasteiger partial charge in [-0.15, -0.1) is 0 Å². The van der Waals surface area contributed by atoms with Gasteiger partial charge in [-0.1, -0.05) is 0 Å². The maximum absolute atomic E-state index is 13.4. The molecular formula is C14H18F4N2O. The average Bonchev–Trinajstić information content (AvgIpc) is 2.37. The van der Waals surface area contributed by atoms with E-state index in [-0.39, 0.29) is 18.7 Å². The van der Waals surface area contributed by atoms with Gasteiger partial charge in [0.15, 0.2) is 0 Å². The van der Waals surface area contributed by atoms with Crippen molar-refractivity contribution < 1.29 is 22.3 Å².